The SMILES string of the molecule is Cn1nncc1CN1CC[C@@]2(S(=O)(=O)c3ccc(F)cc3)c3ccc(C(F)(C(F)(F)F)C(F)(F)F)cc3CC[C@@H]12. The van der Waals surface area contributed by atoms with Crippen molar-refractivity contribution >= 4 is 9.84 Å². The zero-order valence-electron chi connectivity index (χ0n) is 20.8. The second-order valence-electron chi connectivity index (χ2n) is 10.00. The molecule has 1 aliphatic heterocycles. The zero-order valence-corrected chi connectivity index (χ0v) is 21.6. The number of benzene rings is 2. The first-order valence-corrected chi connectivity index (χ1v) is 13.6. The van der Waals surface area contributed by atoms with Crippen LogP contribution in [0, 0.1) is 5.82 Å². The van der Waals surface area contributed by atoms with Crippen molar-refractivity contribution in [2.45, 2.75) is 59.5 Å². The Balaban J connectivity index is 1.69. The average Bonchev–Trinajstić information content (AvgIpc) is 3.46. The van der Waals surface area contributed by atoms with Crippen LogP contribution in [0.15, 0.2) is 53.6 Å². The molecule has 6 nitrogen and oxygen atoms in total. The van der Waals surface area contributed by atoms with E-state index in [9.17, 15) is 43.5 Å². The lowest BCUT2D eigenvalue weighted by atomic mass is 9.76. The number of aryl methyl sites for hydroxylation is 2. The molecular weight excluding hydrogens is 572 g/mol. The molecule has 0 spiro atoms. The lowest BCUT2D eigenvalue weighted by Crippen LogP contribution is -2.52. The summed E-state index contributed by atoms with van der Waals surface area (Å²) in [7, 11) is -2.76. The van der Waals surface area contributed by atoms with Gasteiger partial charge in [-0.05, 0) is 54.7 Å². The second-order valence-corrected chi connectivity index (χ2v) is 12.2. The Labute approximate surface area is 223 Å². The normalized spacial score (nSPS) is 22.3. The standard InChI is InChI=1S/C25H22F8N4O2S/c1-36-18(13-34-35-36)14-37-11-10-22(40(38,39)19-6-4-17(26)5-7-19)20-8-3-16(12-15(20)2-9-21(22)37)23(27,24(28,29)30)25(31,32)33/h3-8,12-13,21H,2,9-11,14H2,1H3/t21-,22-/m1/s1. The number of aromatic nitrogens is 3. The van der Waals surface area contributed by atoms with Gasteiger partial charge in [0, 0.05) is 31.7 Å². The van der Waals surface area contributed by atoms with Gasteiger partial charge in [-0.25, -0.2) is 17.2 Å². The number of nitrogens with zero attached hydrogens (tertiary/aromatic N) is 4. The Kier molecular flexibility index (Phi) is 6.56. The first-order valence-electron chi connectivity index (χ1n) is 12.1. The minimum absolute atomic E-state index is 0.00541. The fraction of sp³-hybridized carbons (Fsp3) is 0.440. The van der Waals surface area contributed by atoms with Crippen LogP contribution in [0.25, 0.3) is 0 Å². The van der Waals surface area contributed by atoms with Gasteiger partial charge in [-0.2, -0.15) is 26.3 Å². The third kappa shape index (κ3) is 4.03. The van der Waals surface area contributed by atoms with Crippen LogP contribution in [0.1, 0.15) is 35.2 Å². The maximum atomic E-state index is 14.9. The van der Waals surface area contributed by atoms with Crippen molar-refractivity contribution in [3.8, 4) is 0 Å². The molecule has 5 rings (SSSR count). The van der Waals surface area contributed by atoms with E-state index >= 15 is 0 Å². The Morgan fingerprint density at radius 1 is 1.00 bits per heavy atom. The maximum Gasteiger partial charge on any atom is 0.435 e. The van der Waals surface area contributed by atoms with Crippen molar-refractivity contribution in [1.82, 2.24) is 19.9 Å². The molecule has 1 aromatic heterocycles. The first kappa shape index (κ1) is 28.5. The van der Waals surface area contributed by atoms with Crippen molar-refractivity contribution < 1.29 is 43.5 Å². The van der Waals surface area contributed by atoms with Crippen LogP contribution < -0.4 is 0 Å². The lowest BCUT2D eigenvalue weighted by molar-refractivity contribution is -0.348. The summed E-state index contributed by atoms with van der Waals surface area (Å²) in [4.78, 5) is 1.59. The fourth-order valence-electron chi connectivity index (χ4n) is 6.00. The van der Waals surface area contributed by atoms with Crippen LogP contribution in [0.3, 0.4) is 0 Å². The molecule has 1 saturated heterocycles. The summed E-state index contributed by atoms with van der Waals surface area (Å²) >= 11 is 0. The highest BCUT2D eigenvalue weighted by Gasteiger charge is 2.73. The molecule has 0 unspecified atom stereocenters. The molecule has 40 heavy (non-hydrogen) atoms. The van der Waals surface area contributed by atoms with E-state index in [1.165, 1.54) is 10.9 Å². The highest BCUT2D eigenvalue weighted by Crippen LogP contribution is 2.56. The van der Waals surface area contributed by atoms with Crippen molar-refractivity contribution in [3.05, 3.63) is 76.9 Å². The average molecular weight is 595 g/mol. The number of rotatable bonds is 5. The molecule has 3 aromatic rings. The minimum Gasteiger partial charge on any atom is -0.293 e. The number of alkyl halides is 7. The highest BCUT2D eigenvalue weighted by atomic mass is 32.2. The van der Waals surface area contributed by atoms with E-state index in [0.29, 0.717) is 17.8 Å². The van der Waals surface area contributed by atoms with E-state index in [1.54, 1.807) is 7.05 Å². The summed E-state index contributed by atoms with van der Waals surface area (Å²) in [5, 5.41) is 7.67. The van der Waals surface area contributed by atoms with E-state index in [2.05, 4.69) is 10.3 Å². The summed E-state index contributed by atoms with van der Waals surface area (Å²) in [6.07, 6.45) is -11.2. The van der Waals surface area contributed by atoms with E-state index in [-0.39, 0.29) is 48.4 Å². The van der Waals surface area contributed by atoms with Crippen molar-refractivity contribution in [1.29, 1.82) is 0 Å². The summed E-state index contributed by atoms with van der Waals surface area (Å²) in [5.74, 6) is -0.697. The zero-order chi connectivity index (χ0) is 29.3. The second kappa shape index (κ2) is 9.23. The Hall–Kier alpha value is -3.07. The van der Waals surface area contributed by atoms with Gasteiger partial charge in [0.2, 0.25) is 0 Å². The van der Waals surface area contributed by atoms with E-state index < -0.39 is 50.0 Å². The van der Waals surface area contributed by atoms with Gasteiger partial charge in [0.1, 0.15) is 10.6 Å². The highest BCUT2D eigenvalue weighted by molar-refractivity contribution is 7.92. The van der Waals surface area contributed by atoms with Crippen molar-refractivity contribution in [2.24, 2.45) is 7.05 Å². The topological polar surface area (TPSA) is 68.1 Å². The van der Waals surface area contributed by atoms with E-state index in [4.69, 9.17) is 0 Å². The Morgan fingerprint density at radius 3 is 2.23 bits per heavy atom. The Morgan fingerprint density at radius 2 is 1.65 bits per heavy atom. The van der Waals surface area contributed by atoms with Crippen LogP contribution in [0.5, 0.6) is 0 Å². The molecule has 2 heterocycles. The molecule has 1 fully saturated rings. The van der Waals surface area contributed by atoms with Gasteiger partial charge in [-0.3, -0.25) is 9.58 Å². The van der Waals surface area contributed by atoms with Gasteiger partial charge in [-0.15, -0.1) is 5.10 Å². The molecule has 0 bridgehead atoms. The molecular formula is C25H22F8N4O2S. The molecule has 15 heteroatoms. The summed E-state index contributed by atoms with van der Waals surface area (Å²) in [6, 6.07) is 4.96. The van der Waals surface area contributed by atoms with E-state index in [1.807, 2.05) is 4.90 Å². The number of likely N-dealkylation sites (tertiary alicyclic amines) is 1. The predicted octanol–water partition coefficient (Wildman–Crippen LogP) is 5.13. The van der Waals surface area contributed by atoms with Crippen LogP contribution in [0.4, 0.5) is 35.1 Å². The number of sulfone groups is 1. The predicted molar refractivity (Wildman–Crippen MR) is 125 cm³/mol. The summed E-state index contributed by atoms with van der Waals surface area (Å²) in [6.45, 7) is 0.424. The number of fused-ring (bicyclic) bond motifs is 3. The van der Waals surface area contributed by atoms with Gasteiger partial charge in [0.25, 0.3) is 0 Å². The van der Waals surface area contributed by atoms with Gasteiger partial charge < -0.3 is 0 Å². The molecule has 2 aliphatic rings. The molecule has 0 saturated carbocycles. The monoisotopic (exact) mass is 594 g/mol. The maximum absolute atomic E-state index is 14.9. The molecule has 0 radical (unpaired) electrons. The van der Waals surface area contributed by atoms with Crippen molar-refractivity contribution in [2.75, 3.05) is 6.54 Å². The number of hydrogen-bond donors (Lipinski definition) is 0. The first-order chi connectivity index (χ1) is 18.5. The molecule has 216 valence electrons. The fourth-order valence-corrected chi connectivity index (χ4v) is 8.39. The van der Waals surface area contributed by atoms with Crippen molar-refractivity contribution in [3.63, 3.8) is 0 Å². The lowest BCUT2D eigenvalue weighted by Gasteiger charge is -2.43. The summed E-state index contributed by atoms with van der Waals surface area (Å²) in [5.41, 5.74) is -6.81. The smallest absolute Gasteiger partial charge is 0.293 e. The molecule has 0 amide bonds. The molecule has 1 aliphatic carbocycles. The minimum atomic E-state index is -6.31. The van der Waals surface area contributed by atoms with Gasteiger partial charge in [0.05, 0.1) is 16.8 Å². The van der Waals surface area contributed by atoms with Crippen LogP contribution in [-0.4, -0.2) is 53.3 Å². The van der Waals surface area contributed by atoms with Crippen LogP contribution in [0.2, 0.25) is 0 Å². The molecule has 2 aromatic carbocycles. The quantitative estimate of drug-likeness (QED) is 0.303. The molecule has 2 atom stereocenters. The third-order valence-corrected chi connectivity index (χ3v) is 10.5. The van der Waals surface area contributed by atoms with Gasteiger partial charge in [0.15, 0.2) is 9.84 Å². The number of halogens is 8. The summed E-state index contributed by atoms with van der Waals surface area (Å²) < 4.78 is 138. The van der Waals surface area contributed by atoms with Gasteiger partial charge >= 0.3 is 18.0 Å². The third-order valence-electron chi connectivity index (χ3n) is 7.95. The Bertz CT molecular complexity index is 1520. The van der Waals surface area contributed by atoms with Crippen LogP contribution >= 0.6 is 0 Å². The largest absolute Gasteiger partial charge is 0.435 e. The number of hydrogen-bond acceptors (Lipinski definition) is 5. The van der Waals surface area contributed by atoms with Crippen LogP contribution in [-0.2, 0) is 40.3 Å². The van der Waals surface area contributed by atoms with Gasteiger partial charge in [-0.1, -0.05) is 23.4 Å². The molecule has 0 N–H and O–H groups in total. The van der Waals surface area contributed by atoms with E-state index in [0.717, 1.165) is 30.3 Å².